The zero-order valence-electron chi connectivity index (χ0n) is 12.1. The van der Waals surface area contributed by atoms with E-state index in [4.69, 9.17) is 5.11 Å². The van der Waals surface area contributed by atoms with Crippen molar-refractivity contribution >= 4 is 40.3 Å². The molecule has 0 unspecified atom stereocenters. The molecule has 21 heavy (non-hydrogen) atoms. The summed E-state index contributed by atoms with van der Waals surface area (Å²) in [6.45, 7) is 4.95. The molecule has 1 saturated carbocycles. The predicted molar refractivity (Wildman–Crippen MR) is 89.6 cm³/mol. The van der Waals surface area contributed by atoms with Gasteiger partial charge in [0.15, 0.2) is 0 Å². The Balaban J connectivity index is 1.99. The van der Waals surface area contributed by atoms with Crippen LogP contribution in [0.15, 0.2) is 18.2 Å². The maximum absolute atomic E-state index is 12.0. The lowest BCUT2D eigenvalue weighted by Crippen LogP contribution is -2.35. The maximum atomic E-state index is 12.0. The van der Waals surface area contributed by atoms with Crippen molar-refractivity contribution in [1.29, 1.82) is 0 Å². The number of carboxylic acids is 1. The van der Waals surface area contributed by atoms with Crippen LogP contribution in [0.4, 0.5) is 10.5 Å². The molecule has 0 aromatic heterocycles. The maximum Gasteiger partial charge on any atom is 0.337 e. The molecule has 114 valence electrons. The highest BCUT2D eigenvalue weighted by Crippen LogP contribution is 2.51. The van der Waals surface area contributed by atoms with E-state index in [2.05, 4.69) is 24.5 Å². The molecule has 2 amide bonds. The number of benzene rings is 1. The Morgan fingerprint density at radius 3 is 2.57 bits per heavy atom. The summed E-state index contributed by atoms with van der Waals surface area (Å²) in [5.74, 6) is -0.518. The van der Waals surface area contributed by atoms with Gasteiger partial charge in [-0.3, -0.25) is 0 Å². The minimum absolute atomic E-state index is 0.0991. The highest BCUT2D eigenvalue weighted by atomic mass is 127. The molecule has 1 aliphatic carbocycles. The molecule has 1 aromatic carbocycles. The van der Waals surface area contributed by atoms with Crippen molar-refractivity contribution in [3.05, 3.63) is 27.3 Å². The SMILES string of the molecule is CC(C)C1(CNC(=O)Nc2ccc(I)cc2C(=O)O)CC1. The molecule has 0 saturated heterocycles. The minimum Gasteiger partial charge on any atom is -0.478 e. The first kappa shape index (κ1) is 16.1. The first-order valence-electron chi connectivity index (χ1n) is 6.92. The Kier molecular flexibility index (Phi) is 4.75. The summed E-state index contributed by atoms with van der Waals surface area (Å²) < 4.78 is 0.813. The summed E-state index contributed by atoms with van der Waals surface area (Å²) in [4.78, 5) is 23.1. The van der Waals surface area contributed by atoms with Crippen LogP contribution in [0.25, 0.3) is 0 Å². The monoisotopic (exact) mass is 402 g/mol. The van der Waals surface area contributed by atoms with E-state index in [1.165, 1.54) is 6.07 Å². The van der Waals surface area contributed by atoms with Crippen LogP contribution in [0.5, 0.6) is 0 Å². The Morgan fingerprint density at radius 1 is 1.38 bits per heavy atom. The van der Waals surface area contributed by atoms with E-state index in [0.29, 0.717) is 18.2 Å². The van der Waals surface area contributed by atoms with Gasteiger partial charge in [0.05, 0.1) is 11.3 Å². The third kappa shape index (κ3) is 3.87. The van der Waals surface area contributed by atoms with E-state index in [9.17, 15) is 9.59 Å². The number of rotatable bonds is 5. The number of carboxylic acid groups (broad SMARTS) is 1. The molecule has 5 nitrogen and oxygen atoms in total. The topological polar surface area (TPSA) is 78.4 Å². The van der Waals surface area contributed by atoms with Crippen LogP contribution in [0.3, 0.4) is 0 Å². The Bertz CT molecular complexity index is 568. The van der Waals surface area contributed by atoms with Gasteiger partial charge in [0.1, 0.15) is 0 Å². The molecule has 0 atom stereocenters. The number of carbonyl (C=O) groups excluding carboxylic acids is 1. The van der Waals surface area contributed by atoms with Crippen molar-refractivity contribution in [3.63, 3.8) is 0 Å². The molecule has 0 heterocycles. The van der Waals surface area contributed by atoms with Crippen molar-refractivity contribution in [1.82, 2.24) is 5.32 Å². The van der Waals surface area contributed by atoms with Crippen molar-refractivity contribution in [2.45, 2.75) is 26.7 Å². The lowest BCUT2D eigenvalue weighted by Gasteiger charge is -2.20. The molecule has 0 aliphatic heterocycles. The minimum atomic E-state index is -1.05. The number of amides is 2. The Morgan fingerprint density at radius 2 is 2.05 bits per heavy atom. The summed E-state index contributed by atoms with van der Waals surface area (Å²) >= 11 is 2.04. The van der Waals surface area contributed by atoms with E-state index >= 15 is 0 Å². The van der Waals surface area contributed by atoms with Gasteiger partial charge in [-0.1, -0.05) is 13.8 Å². The van der Waals surface area contributed by atoms with Gasteiger partial charge in [-0.15, -0.1) is 0 Å². The molecule has 0 spiro atoms. The highest BCUT2D eigenvalue weighted by Gasteiger charge is 2.45. The molecule has 2 rings (SSSR count). The van der Waals surface area contributed by atoms with E-state index in [-0.39, 0.29) is 17.0 Å². The normalized spacial score (nSPS) is 15.6. The van der Waals surface area contributed by atoms with E-state index < -0.39 is 5.97 Å². The van der Waals surface area contributed by atoms with Gasteiger partial charge in [-0.05, 0) is 65.0 Å². The van der Waals surface area contributed by atoms with Crippen LogP contribution in [-0.2, 0) is 0 Å². The number of halogens is 1. The molecular weight excluding hydrogens is 383 g/mol. The molecule has 1 aliphatic rings. The van der Waals surface area contributed by atoms with Gasteiger partial charge in [-0.2, -0.15) is 0 Å². The van der Waals surface area contributed by atoms with E-state index in [1.54, 1.807) is 12.1 Å². The molecule has 1 aromatic rings. The second-order valence-corrected chi connectivity index (χ2v) is 7.07. The van der Waals surface area contributed by atoms with Gasteiger partial charge >= 0.3 is 12.0 Å². The summed E-state index contributed by atoms with van der Waals surface area (Å²) in [7, 11) is 0. The van der Waals surface area contributed by atoms with Crippen molar-refractivity contribution in [3.8, 4) is 0 Å². The quantitative estimate of drug-likeness (QED) is 0.660. The lowest BCUT2D eigenvalue weighted by molar-refractivity contribution is 0.0698. The zero-order chi connectivity index (χ0) is 15.6. The Hall–Kier alpha value is -1.31. The molecule has 0 radical (unpaired) electrons. The van der Waals surface area contributed by atoms with E-state index in [0.717, 1.165) is 16.4 Å². The summed E-state index contributed by atoms with van der Waals surface area (Å²) in [5.41, 5.74) is 0.635. The predicted octanol–water partition coefficient (Wildman–Crippen LogP) is 3.55. The van der Waals surface area contributed by atoms with Crippen LogP contribution >= 0.6 is 22.6 Å². The summed E-state index contributed by atoms with van der Waals surface area (Å²) in [6, 6.07) is 4.56. The largest absolute Gasteiger partial charge is 0.478 e. The van der Waals surface area contributed by atoms with Gasteiger partial charge < -0.3 is 15.7 Å². The summed E-state index contributed by atoms with van der Waals surface area (Å²) in [6.07, 6.45) is 2.27. The van der Waals surface area contributed by atoms with E-state index in [1.807, 2.05) is 22.6 Å². The van der Waals surface area contributed by atoms with Crippen molar-refractivity contribution < 1.29 is 14.7 Å². The average molecular weight is 402 g/mol. The number of aromatic carboxylic acids is 1. The van der Waals surface area contributed by atoms with Gasteiger partial charge in [0, 0.05) is 10.1 Å². The fourth-order valence-electron chi connectivity index (χ4n) is 2.34. The third-order valence-corrected chi connectivity index (χ3v) is 4.85. The number of hydrogen-bond donors (Lipinski definition) is 3. The van der Waals surface area contributed by atoms with Crippen LogP contribution in [0.2, 0.25) is 0 Å². The highest BCUT2D eigenvalue weighted by molar-refractivity contribution is 14.1. The lowest BCUT2D eigenvalue weighted by atomic mass is 9.92. The first-order chi connectivity index (χ1) is 9.84. The summed E-state index contributed by atoms with van der Waals surface area (Å²) in [5, 5.41) is 14.6. The first-order valence-corrected chi connectivity index (χ1v) is 8.00. The zero-order valence-corrected chi connectivity index (χ0v) is 14.2. The van der Waals surface area contributed by atoms with Crippen molar-refractivity contribution in [2.75, 3.05) is 11.9 Å². The number of anilines is 1. The molecule has 0 bridgehead atoms. The van der Waals surface area contributed by atoms with Crippen LogP contribution in [0.1, 0.15) is 37.0 Å². The smallest absolute Gasteiger partial charge is 0.337 e. The molecule has 3 N–H and O–H groups in total. The second kappa shape index (κ2) is 6.21. The number of carbonyl (C=O) groups is 2. The standard InChI is InChI=1S/C15H19IN2O3/c1-9(2)15(5-6-15)8-17-14(21)18-12-4-3-10(16)7-11(12)13(19)20/h3-4,7,9H,5-6,8H2,1-2H3,(H,19,20)(H2,17,18,21). The number of hydrogen-bond acceptors (Lipinski definition) is 2. The average Bonchev–Trinajstić information content (AvgIpc) is 3.19. The third-order valence-electron chi connectivity index (χ3n) is 4.18. The fourth-order valence-corrected chi connectivity index (χ4v) is 2.84. The van der Waals surface area contributed by atoms with Crippen LogP contribution in [-0.4, -0.2) is 23.7 Å². The van der Waals surface area contributed by atoms with Crippen LogP contribution < -0.4 is 10.6 Å². The Labute approximate surface area is 137 Å². The molecule has 6 heteroatoms. The van der Waals surface area contributed by atoms with Crippen LogP contribution in [0, 0.1) is 14.9 Å². The second-order valence-electron chi connectivity index (χ2n) is 5.82. The molecule has 1 fully saturated rings. The fraction of sp³-hybridized carbons (Fsp3) is 0.467. The molecular formula is C15H19IN2O3. The van der Waals surface area contributed by atoms with Gasteiger partial charge in [0.25, 0.3) is 0 Å². The number of nitrogens with one attached hydrogen (secondary N) is 2. The number of urea groups is 1. The van der Waals surface area contributed by atoms with Gasteiger partial charge in [-0.25, -0.2) is 9.59 Å². The van der Waals surface area contributed by atoms with Gasteiger partial charge in [0.2, 0.25) is 0 Å². The van der Waals surface area contributed by atoms with Crippen molar-refractivity contribution in [2.24, 2.45) is 11.3 Å².